The smallest absolute Gasteiger partial charge is 0.308 e. The number of nitrogens with one attached hydrogen (secondary N) is 1. The number of hydrogen-bond acceptors (Lipinski definition) is 2. The maximum Gasteiger partial charge on any atom is 0.308 e. The van der Waals surface area contributed by atoms with Gasteiger partial charge >= 0.3 is 5.97 Å². The van der Waals surface area contributed by atoms with Crippen LogP contribution in [0, 0.1) is 23.6 Å². The van der Waals surface area contributed by atoms with E-state index in [1.807, 2.05) is 0 Å². The minimum absolute atomic E-state index is 0.163. The van der Waals surface area contributed by atoms with Crippen molar-refractivity contribution in [2.24, 2.45) is 17.8 Å². The van der Waals surface area contributed by atoms with Crippen LogP contribution in [-0.4, -0.2) is 23.0 Å². The van der Waals surface area contributed by atoms with E-state index in [4.69, 9.17) is 0 Å². The maximum absolute atomic E-state index is 13.8. The maximum atomic E-state index is 13.8. The van der Waals surface area contributed by atoms with Crippen LogP contribution in [0.25, 0.3) is 0 Å². The van der Waals surface area contributed by atoms with Gasteiger partial charge in [0.1, 0.15) is 5.82 Å². The van der Waals surface area contributed by atoms with Crippen LogP contribution in [0.5, 0.6) is 0 Å². The number of carbonyl (C=O) groups is 2. The van der Waals surface area contributed by atoms with E-state index in [1.54, 1.807) is 25.1 Å². The second kappa shape index (κ2) is 5.71. The first-order valence-electron chi connectivity index (χ1n) is 7.76. The van der Waals surface area contributed by atoms with Crippen molar-refractivity contribution in [3.05, 3.63) is 35.6 Å². The summed E-state index contributed by atoms with van der Waals surface area (Å²) in [6.07, 6.45) is 2.76. The lowest BCUT2D eigenvalue weighted by Crippen LogP contribution is -2.48. The number of amides is 1. The van der Waals surface area contributed by atoms with E-state index in [1.165, 1.54) is 6.07 Å². The van der Waals surface area contributed by atoms with Crippen molar-refractivity contribution >= 4 is 11.9 Å². The van der Waals surface area contributed by atoms with E-state index in [9.17, 15) is 19.1 Å². The van der Waals surface area contributed by atoms with Crippen molar-refractivity contribution in [2.45, 2.75) is 38.1 Å². The van der Waals surface area contributed by atoms with Crippen molar-refractivity contribution in [1.29, 1.82) is 0 Å². The summed E-state index contributed by atoms with van der Waals surface area (Å²) in [6, 6.07) is 5.88. The predicted molar refractivity (Wildman–Crippen MR) is 78.7 cm³/mol. The Morgan fingerprint density at radius 3 is 2.64 bits per heavy atom. The van der Waals surface area contributed by atoms with E-state index in [2.05, 4.69) is 5.32 Å². The monoisotopic (exact) mass is 305 g/mol. The van der Waals surface area contributed by atoms with Crippen molar-refractivity contribution in [2.75, 3.05) is 0 Å². The Bertz CT molecular complexity index is 603. The quantitative estimate of drug-likeness (QED) is 0.898. The number of carboxylic acid groups (broad SMARTS) is 1. The SMILES string of the molecule is C[C@H](C(=O)N[C@@H]1[C@H]2CC[C@@H](C2)[C@H]1C(=O)O)c1ccccc1F. The Morgan fingerprint density at radius 1 is 1.27 bits per heavy atom. The summed E-state index contributed by atoms with van der Waals surface area (Å²) in [5, 5.41) is 12.3. The molecule has 0 aromatic heterocycles. The molecular weight excluding hydrogens is 285 g/mol. The molecule has 22 heavy (non-hydrogen) atoms. The van der Waals surface area contributed by atoms with Crippen molar-refractivity contribution in [3.8, 4) is 0 Å². The fourth-order valence-corrected chi connectivity index (χ4v) is 4.11. The highest BCUT2D eigenvalue weighted by Crippen LogP contribution is 2.48. The molecule has 3 rings (SSSR count). The zero-order chi connectivity index (χ0) is 15.9. The molecule has 118 valence electrons. The minimum Gasteiger partial charge on any atom is -0.481 e. The van der Waals surface area contributed by atoms with Crippen molar-refractivity contribution in [3.63, 3.8) is 0 Å². The molecular formula is C17H20FNO3. The summed E-state index contributed by atoms with van der Waals surface area (Å²) in [7, 11) is 0. The molecule has 2 aliphatic carbocycles. The number of aliphatic carboxylic acids is 1. The minimum atomic E-state index is -0.837. The van der Waals surface area contributed by atoms with Gasteiger partial charge in [0.05, 0.1) is 11.8 Å². The molecule has 1 aromatic rings. The van der Waals surface area contributed by atoms with E-state index >= 15 is 0 Å². The number of carboxylic acids is 1. The number of carbonyl (C=O) groups excluding carboxylic acids is 1. The molecule has 0 aliphatic heterocycles. The molecule has 2 aliphatic rings. The first-order valence-corrected chi connectivity index (χ1v) is 7.76. The fraction of sp³-hybridized carbons (Fsp3) is 0.529. The van der Waals surface area contributed by atoms with Gasteiger partial charge in [-0.1, -0.05) is 18.2 Å². The lowest BCUT2D eigenvalue weighted by atomic mass is 9.84. The van der Waals surface area contributed by atoms with Gasteiger partial charge in [-0.25, -0.2) is 4.39 Å². The highest BCUT2D eigenvalue weighted by atomic mass is 19.1. The molecule has 5 heteroatoms. The van der Waals surface area contributed by atoms with Gasteiger partial charge in [0, 0.05) is 6.04 Å². The van der Waals surface area contributed by atoms with E-state index in [0.29, 0.717) is 5.56 Å². The van der Waals surface area contributed by atoms with Gasteiger partial charge in [0.25, 0.3) is 0 Å². The summed E-state index contributed by atoms with van der Waals surface area (Å²) in [5.74, 6) is -2.28. The number of hydrogen-bond donors (Lipinski definition) is 2. The molecule has 2 N–H and O–H groups in total. The highest BCUT2D eigenvalue weighted by Gasteiger charge is 2.51. The molecule has 4 nitrogen and oxygen atoms in total. The first-order chi connectivity index (χ1) is 10.5. The van der Waals surface area contributed by atoms with Crippen LogP contribution < -0.4 is 5.32 Å². The topological polar surface area (TPSA) is 66.4 Å². The molecule has 0 heterocycles. The molecule has 1 amide bonds. The first kappa shape index (κ1) is 15.0. The molecule has 2 bridgehead atoms. The molecule has 0 spiro atoms. The fourth-order valence-electron chi connectivity index (χ4n) is 4.11. The Morgan fingerprint density at radius 2 is 1.95 bits per heavy atom. The summed E-state index contributed by atoms with van der Waals surface area (Å²) >= 11 is 0. The molecule has 0 unspecified atom stereocenters. The number of fused-ring (bicyclic) bond motifs is 2. The summed E-state index contributed by atoms with van der Waals surface area (Å²) in [4.78, 5) is 23.9. The van der Waals surface area contributed by atoms with Crippen LogP contribution in [0.2, 0.25) is 0 Å². The van der Waals surface area contributed by atoms with E-state index < -0.39 is 23.6 Å². The molecule has 2 saturated carbocycles. The zero-order valence-electron chi connectivity index (χ0n) is 12.5. The molecule has 5 atom stereocenters. The lowest BCUT2D eigenvalue weighted by molar-refractivity contribution is -0.144. The van der Waals surface area contributed by atoms with Gasteiger partial charge in [-0.15, -0.1) is 0 Å². The van der Waals surface area contributed by atoms with Gasteiger partial charge in [-0.2, -0.15) is 0 Å². The third-order valence-electron chi connectivity index (χ3n) is 5.28. The van der Waals surface area contributed by atoms with Crippen molar-refractivity contribution in [1.82, 2.24) is 5.32 Å². The largest absolute Gasteiger partial charge is 0.481 e. The van der Waals surface area contributed by atoms with Crippen LogP contribution in [0.15, 0.2) is 24.3 Å². The van der Waals surface area contributed by atoms with E-state index in [0.717, 1.165) is 19.3 Å². The Kier molecular flexibility index (Phi) is 3.89. The average Bonchev–Trinajstić information content (AvgIpc) is 3.07. The second-order valence-electron chi connectivity index (χ2n) is 6.47. The average molecular weight is 305 g/mol. The van der Waals surface area contributed by atoms with Crippen LogP contribution >= 0.6 is 0 Å². The molecule has 0 radical (unpaired) electrons. The summed E-state index contributed by atoms with van der Waals surface area (Å²) in [5.41, 5.74) is 0.343. The van der Waals surface area contributed by atoms with Crippen LogP contribution in [-0.2, 0) is 9.59 Å². The van der Waals surface area contributed by atoms with Crippen LogP contribution in [0.4, 0.5) is 4.39 Å². The predicted octanol–water partition coefficient (Wildman–Crippen LogP) is 2.54. The Balaban J connectivity index is 1.74. The standard InChI is InChI=1S/C17H20FNO3/c1-9(12-4-2-3-5-13(12)18)16(20)19-15-11-7-6-10(8-11)14(15)17(21)22/h2-5,9-11,14-15H,6-8H2,1H3,(H,19,20)(H,21,22)/t9-,10-,11-,14+,15+/m0/s1. The highest BCUT2D eigenvalue weighted by molar-refractivity contribution is 5.84. The molecule has 2 fully saturated rings. The van der Waals surface area contributed by atoms with Gasteiger partial charge in [0.15, 0.2) is 0 Å². The number of rotatable bonds is 4. The molecule has 1 aromatic carbocycles. The Labute approximate surface area is 128 Å². The van der Waals surface area contributed by atoms with Gasteiger partial charge in [0.2, 0.25) is 5.91 Å². The number of benzene rings is 1. The van der Waals surface area contributed by atoms with Gasteiger partial charge < -0.3 is 10.4 Å². The Hall–Kier alpha value is -1.91. The lowest BCUT2D eigenvalue weighted by Gasteiger charge is -2.30. The summed E-state index contributed by atoms with van der Waals surface area (Å²) < 4.78 is 13.8. The van der Waals surface area contributed by atoms with Gasteiger partial charge in [-0.05, 0) is 49.7 Å². The van der Waals surface area contributed by atoms with Crippen LogP contribution in [0.3, 0.4) is 0 Å². The zero-order valence-corrected chi connectivity index (χ0v) is 12.5. The molecule has 0 saturated heterocycles. The third kappa shape index (κ3) is 2.49. The summed E-state index contributed by atoms with van der Waals surface area (Å²) in [6.45, 7) is 1.65. The van der Waals surface area contributed by atoms with Gasteiger partial charge in [-0.3, -0.25) is 9.59 Å². The van der Waals surface area contributed by atoms with Crippen LogP contribution in [0.1, 0.15) is 37.7 Å². The number of halogens is 1. The third-order valence-corrected chi connectivity index (χ3v) is 5.28. The van der Waals surface area contributed by atoms with Crippen molar-refractivity contribution < 1.29 is 19.1 Å². The van der Waals surface area contributed by atoms with E-state index in [-0.39, 0.29) is 23.8 Å². The second-order valence-corrected chi connectivity index (χ2v) is 6.47. The normalized spacial score (nSPS) is 31.0.